The molecule has 0 spiro atoms. The summed E-state index contributed by atoms with van der Waals surface area (Å²) in [5.41, 5.74) is 3.58. The zero-order valence-electron chi connectivity index (χ0n) is 11.7. The van der Waals surface area contributed by atoms with Crippen molar-refractivity contribution >= 4 is 22.9 Å². The molecular weight excluding hydrogens is 260 g/mol. The van der Waals surface area contributed by atoms with Gasteiger partial charge in [0.05, 0.1) is 16.7 Å². The van der Waals surface area contributed by atoms with E-state index in [2.05, 4.69) is 9.97 Å². The summed E-state index contributed by atoms with van der Waals surface area (Å²) in [5, 5.41) is 0. The lowest BCUT2D eigenvalue weighted by Crippen LogP contribution is -2.04. The van der Waals surface area contributed by atoms with E-state index in [1.807, 2.05) is 61.5 Å². The van der Waals surface area contributed by atoms with Crippen molar-refractivity contribution in [2.45, 2.75) is 6.92 Å². The van der Waals surface area contributed by atoms with Crippen molar-refractivity contribution < 1.29 is 4.79 Å². The number of allylic oxidation sites excluding steroid dienone is 1. The minimum Gasteiger partial charge on any atom is -0.287 e. The van der Waals surface area contributed by atoms with Crippen LogP contribution in [0.1, 0.15) is 21.7 Å². The average molecular weight is 274 g/mol. The molecule has 1 heterocycles. The Kier molecular flexibility index (Phi) is 3.56. The Labute approximate surface area is 123 Å². The van der Waals surface area contributed by atoms with Crippen LogP contribution < -0.4 is 0 Å². The fourth-order valence-electron chi connectivity index (χ4n) is 2.14. The molecule has 3 rings (SSSR count). The molecule has 0 bridgehead atoms. The molecule has 0 radical (unpaired) electrons. The summed E-state index contributed by atoms with van der Waals surface area (Å²) in [6.07, 6.45) is 3.33. The highest BCUT2D eigenvalue weighted by Crippen LogP contribution is 2.13. The van der Waals surface area contributed by atoms with Gasteiger partial charge in [0, 0.05) is 0 Å². The van der Waals surface area contributed by atoms with Crippen LogP contribution in [0.4, 0.5) is 0 Å². The van der Waals surface area contributed by atoms with Gasteiger partial charge in [-0.2, -0.15) is 0 Å². The third-order valence-electron chi connectivity index (χ3n) is 3.20. The zero-order valence-corrected chi connectivity index (χ0v) is 11.7. The molecule has 0 atom stereocenters. The predicted octanol–water partition coefficient (Wildman–Crippen LogP) is 3.83. The second-order valence-electron chi connectivity index (χ2n) is 4.75. The molecule has 0 saturated heterocycles. The number of carbonyl (C=O) groups is 1. The number of benzene rings is 2. The standard InChI is InChI=1S/C18H14N2O/c1-13-18(20-16-10-6-5-9-15(16)19-13)17(21)12-11-14-7-3-2-4-8-14/h2-12H,1H3. The number of carbonyl (C=O) groups excluding carboxylic acids is 1. The van der Waals surface area contributed by atoms with Gasteiger partial charge in [-0.1, -0.05) is 48.5 Å². The van der Waals surface area contributed by atoms with Gasteiger partial charge in [0.1, 0.15) is 5.69 Å². The van der Waals surface area contributed by atoms with Gasteiger partial charge in [-0.05, 0) is 30.7 Å². The first kappa shape index (κ1) is 13.2. The van der Waals surface area contributed by atoms with Crippen LogP contribution in [0.25, 0.3) is 17.1 Å². The van der Waals surface area contributed by atoms with Crippen LogP contribution in [0.3, 0.4) is 0 Å². The SMILES string of the molecule is Cc1nc2ccccc2nc1C(=O)C=Cc1ccccc1. The van der Waals surface area contributed by atoms with Gasteiger partial charge in [0.25, 0.3) is 0 Å². The Morgan fingerprint density at radius 2 is 1.52 bits per heavy atom. The van der Waals surface area contributed by atoms with Gasteiger partial charge in [0.2, 0.25) is 5.78 Å². The second-order valence-corrected chi connectivity index (χ2v) is 4.75. The maximum absolute atomic E-state index is 12.3. The molecule has 2 aromatic carbocycles. The lowest BCUT2D eigenvalue weighted by molar-refractivity contribution is 0.104. The van der Waals surface area contributed by atoms with Gasteiger partial charge in [-0.25, -0.2) is 9.97 Å². The van der Waals surface area contributed by atoms with E-state index in [4.69, 9.17) is 0 Å². The van der Waals surface area contributed by atoms with E-state index in [9.17, 15) is 4.79 Å². The number of rotatable bonds is 3. The van der Waals surface area contributed by atoms with Crippen molar-refractivity contribution in [3.63, 3.8) is 0 Å². The molecule has 1 aromatic heterocycles. The Morgan fingerprint density at radius 3 is 2.24 bits per heavy atom. The monoisotopic (exact) mass is 274 g/mol. The van der Waals surface area contributed by atoms with Crippen LogP contribution in [-0.4, -0.2) is 15.8 Å². The molecule has 3 aromatic rings. The summed E-state index contributed by atoms with van der Waals surface area (Å²) >= 11 is 0. The highest BCUT2D eigenvalue weighted by Gasteiger charge is 2.10. The van der Waals surface area contributed by atoms with Gasteiger partial charge >= 0.3 is 0 Å². The average Bonchev–Trinajstić information content (AvgIpc) is 2.53. The van der Waals surface area contributed by atoms with Crippen molar-refractivity contribution in [3.05, 3.63) is 77.6 Å². The minimum atomic E-state index is -0.130. The number of nitrogens with zero attached hydrogens (tertiary/aromatic N) is 2. The smallest absolute Gasteiger partial charge is 0.206 e. The van der Waals surface area contributed by atoms with Gasteiger partial charge in [0.15, 0.2) is 0 Å². The molecule has 0 saturated carbocycles. The van der Waals surface area contributed by atoms with Crippen LogP contribution >= 0.6 is 0 Å². The third-order valence-corrected chi connectivity index (χ3v) is 3.20. The Hall–Kier alpha value is -2.81. The Bertz CT molecular complexity index is 823. The predicted molar refractivity (Wildman–Crippen MR) is 84.1 cm³/mol. The molecule has 0 aliphatic carbocycles. The molecule has 21 heavy (non-hydrogen) atoms. The number of aromatic nitrogens is 2. The maximum Gasteiger partial charge on any atom is 0.206 e. The molecule has 0 amide bonds. The number of hydrogen-bond acceptors (Lipinski definition) is 3. The van der Waals surface area contributed by atoms with Crippen LogP contribution in [0.15, 0.2) is 60.7 Å². The largest absolute Gasteiger partial charge is 0.287 e. The number of fused-ring (bicyclic) bond motifs is 1. The fourth-order valence-corrected chi connectivity index (χ4v) is 2.14. The third kappa shape index (κ3) is 2.87. The summed E-state index contributed by atoms with van der Waals surface area (Å²) < 4.78 is 0. The van der Waals surface area contributed by atoms with Gasteiger partial charge in [-0.3, -0.25) is 4.79 Å². The first-order valence-electron chi connectivity index (χ1n) is 6.75. The van der Waals surface area contributed by atoms with Crippen molar-refractivity contribution in [3.8, 4) is 0 Å². The van der Waals surface area contributed by atoms with Gasteiger partial charge in [-0.15, -0.1) is 0 Å². The van der Waals surface area contributed by atoms with E-state index >= 15 is 0 Å². The summed E-state index contributed by atoms with van der Waals surface area (Å²) in [5.74, 6) is -0.130. The number of hydrogen-bond donors (Lipinski definition) is 0. The summed E-state index contributed by atoms with van der Waals surface area (Å²) in [7, 11) is 0. The minimum absolute atomic E-state index is 0.130. The van der Waals surface area contributed by atoms with Crippen LogP contribution in [0, 0.1) is 6.92 Å². The number of para-hydroxylation sites is 2. The Morgan fingerprint density at radius 1 is 0.905 bits per heavy atom. The molecule has 0 N–H and O–H groups in total. The fraction of sp³-hybridized carbons (Fsp3) is 0.0556. The van der Waals surface area contributed by atoms with E-state index in [0.29, 0.717) is 11.4 Å². The topological polar surface area (TPSA) is 42.9 Å². The Balaban J connectivity index is 1.94. The molecule has 3 nitrogen and oxygen atoms in total. The van der Waals surface area contributed by atoms with Crippen LogP contribution in [-0.2, 0) is 0 Å². The molecule has 102 valence electrons. The van der Waals surface area contributed by atoms with Crippen molar-refractivity contribution in [1.82, 2.24) is 9.97 Å². The van der Waals surface area contributed by atoms with Crippen LogP contribution in [0.2, 0.25) is 0 Å². The van der Waals surface area contributed by atoms with Crippen molar-refractivity contribution in [2.24, 2.45) is 0 Å². The quantitative estimate of drug-likeness (QED) is 0.538. The highest BCUT2D eigenvalue weighted by molar-refractivity contribution is 6.06. The zero-order chi connectivity index (χ0) is 14.7. The first-order valence-corrected chi connectivity index (χ1v) is 6.75. The highest BCUT2D eigenvalue weighted by atomic mass is 16.1. The molecule has 0 aliphatic heterocycles. The summed E-state index contributed by atoms with van der Waals surface area (Å²) in [6.45, 7) is 1.81. The lowest BCUT2D eigenvalue weighted by atomic mass is 10.1. The number of aryl methyl sites for hydroxylation is 1. The normalized spacial score (nSPS) is 11.1. The molecule has 3 heteroatoms. The van der Waals surface area contributed by atoms with Crippen LogP contribution in [0.5, 0.6) is 0 Å². The first-order chi connectivity index (χ1) is 10.2. The van der Waals surface area contributed by atoms with Crippen molar-refractivity contribution in [1.29, 1.82) is 0 Å². The van der Waals surface area contributed by atoms with E-state index in [-0.39, 0.29) is 5.78 Å². The molecule has 0 unspecified atom stereocenters. The van der Waals surface area contributed by atoms with E-state index in [1.54, 1.807) is 12.2 Å². The van der Waals surface area contributed by atoms with E-state index in [1.165, 1.54) is 0 Å². The number of ketones is 1. The summed E-state index contributed by atoms with van der Waals surface area (Å²) in [6, 6.07) is 17.3. The lowest BCUT2D eigenvalue weighted by Gasteiger charge is -2.03. The van der Waals surface area contributed by atoms with Gasteiger partial charge < -0.3 is 0 Å². The molecule has 0 aliphatic rings. The maximum atomic E-state index is 12.3. The second kappa shape index (κ2) is 5.67. The summed E-state index contributed by atoms with van der Waals surface area (Å²) in [4.78, 5) is 21.2. The molecular formula is C18H14N2O. The molecule has 0 fully saturated rings. The van der Waals surface area contributed by atoms with E-state index in [0.717, 1.165) is 16.6 Å². The van der Waals surface area contributed by atoms with Crippen molar-refractivity contribution in [2.75, 3.05) is 0 Å². The van der Waals surface area contributed by atoms with E-state index < -0.39 is 0 Å².